The van der Waals surface area contributed by atoms with Crippen molar-refractivity contribution in [2.45, 2.75) is 32.5 Å². The highest BCUT2D eigenvalue weighted by molar-refractivity contribution is 5.21. The van der Waals surface area contributed by atoms with E-state index in [0.29, 0.717) is 5.92 Å². The van der Waals surface area contributed by atoms with Crippen LogP contribution in [-0.4, -0.2) is 22.9 Å². The van der Waals surface area contributed by atoms with Gasteiger partial charge < -0.3 is 10.6 Å². The van der Waals surface area contributed by atoms with Crippen LogP contribution in [0.4, 0.5) is 0 Å². The maximum Gasteiger partial charge on any atom is 0.271 e. The number of nitrogens with zero attached hydrogens (tertiary/aromatic N) is 1. The van der Waals surface area contributed by atoms with Crippen LogP contribution in [0.25, 0.3) is 0 Å². The van der Waals surface area contributed by atoms with Gasteiger partial charge in [0.2, 0.25) is 0 Å². The molecule has 0 radical (unpaired) electrons. The van der Waals surface area contributed by atoms with Crippen molar-refractivity contribution in [3.8, 4) is 0 Å². The van der Waals surface area contributed by atoms with Gasteiger partial charge in [-0.2, -0.15) is 0 Å². The smallest absolute Gasteiger partial charge is 0.271 e. The molecule has 3 N–H and O–H groups in total. The molecule has 0 aromatic carbocycles. The predicted molar refractivity (Wildman–Crippen MR) is 61.2 cm³/mol. The number of fused-ring (bicyclic) bond motifs is 1. The fourth-order valence-corrected chi connectivity index (χ4v) is 2.67. The SMILES string of the molecule is O=c1c2c([nH]n1CC1CCNCC1)CNC2. The van der Waals surface area contributed by atoms with E-state index in [1.165, 1.54) is 12.8 Å². The van der Waals surface area contributed by atoms with E-state index in [0.717, 1.165) is 44.0 Å². The van der Waals surface area contributed by atoms with Gasteiger partial charge in [-0.05, 0) is 31.8 Å². The second-order valence-corrected chi connectivity index (χ2v) is 4.78. The van der Waals surface area contributed by atoms with Crippen LogP contribution in [0, 0.1) is 5.92 Å². The molecule has 16 heavy (non-hydrogen) atoms. The molecule has 0 atom stereocenters. The first-order valence-electron chi connectivity index (χ1n) is 6.06. The van der Waals surface area contributed by atoms with Crippen LogP contribution < -0.4 is 16.2 Å². The summed E-state index contributed by atoms with van der Waals surface area (Å²) in [6, 6.07) is 0. The molecule has 2 aliphatic rings. The van der Waals surface area contributed by atoms with Crippen LogP contribution in [0.3, 0.4) is 0 Å². The summed E-state index contributed by atoms with van der Waals surface area (Å²) in [7, 11) is 0. The van der Waals surface area contributed by atoms with Gasteiger partial charge in [-0.15, -0.1) is 0 Å². The number of rotatable bonds is 2. The largest absolute Gasteiger partial charge is 0.317 e. The van der Waals surface area contributed by atoms with Crippen LogP contribution in [0.5, 0.6) is 0 Å². The van der Waals surface area contributed by atoms with Crippen molar-refractivity contribution in [2.24, 2.45) is 5.92 Å². The first kappa shape index (κ1) is 10.1. The van der Waals surface area contributed by atoms with E-state index in [4.69, 9.17) is 0 Å². The van der Waals surface area contributed by atoms with E-state index >= 15 is 0 Å². The Balaban J connectivity index is 1.77. The number of hydrogen-bond donors (Lipinski definition) is 3. The molecule has 3 rings (SSSR count). The Hall–Kier alpha value is -1.07. The Morgan fingerprint density at radius 2 is 2.00 bits per heavy atom. The average Bonchev–Trinajstić information content (AvgIpc) is 2.86. The van der Waals surface area contributed by atoms with Crippen LogP contribution in [0.15, 0.2) is 4.79 Å². The van der Waals surface area contributed by atoms with Crippen LogP contribution in [0.2, 0.25) is 0 Å². The zero-order chi connectivity index (χ0) is 11.0. The molecule has 1 aromatic heterocycles. The van der Waals surface area contributed by atoms with Gasteiger partial charge in [0.05, 0.1) is 11.3 Å². The summed E-state index contributed by atoms with van der Waals surface area (Å²) in [4.78, 5) is 12.0. The summed E-state index contributed by atoms with van der Waals surface area (Å²) in [5, 5.41) is 9.76. The fourth-order valence-electron chi connectivity index (χ4n) is 2.67. The van der Waals surface area contributed by atoms with Gasteiger partial charge in [-0.25, -0.2) is 0 Å². The normalized spacial score (nSPS) is 21.2. The highest BCUT2D eigenvalue weighted by Gasteiger charge is 2.21. The standard InChI is InChI=1S/C11H18N4O/c16-11-9-5-13-6-10(9)14-15(11)7-8-1-3-12-4-2-8/h8,12-14H,1-7H2. The third kappa shape index (κ3) is 1.70. The summed E-state index contributed by atoms with van der Waals surface area (Å²) in [6.07, 6.45) is 2.35. The number of aromatic nitrogens is 2. The third-order valence-electron chi connectivity index (χ3n) is 3.64. The fraction of sp³-hybridized carbons (Fsp3) is 0.727. The van der Waals surface area contributed by atoms with E-state index in [1.54, 1.807) is 0 Å². The molecule has 5 nitrogen and oxygen atoms in total. The zero-order valence-electron chi connectivity index (χ0n) is 9.38. The minimum Gasteiger partial charge on any atom is -0.317 e. The first-order chi connectivity index (χ1) is 7.84. The third-order valence-corrected chi connectivity index (χ3v) is 3.64. The van der Waals surface area contributed by atoms with E-state index < -0.39 is 0 Å². The summed E-state index contributed by atoms with van der Waals surface area (Å²) in [5.74, 6) is 0.644. The minimum absolute atomic E-state index is 0.179. The Morgan fingerprint density at radius 3 is 2.75 bits per heavy atom. The molecular weight excluding hydrogens is 204 g/mol. The maximum atomic E-state index is 12.0. The molecule has 2 aliphatic heterocycles. The number of hydrogen-bond acceptors (Lipinski definition) is 3. The topological polar surface area (TPSA) is 61.9 Å². The Labute approximate surface area is 94.2 Å². The van der Waals surface area contributed by atoms with Gasteiger partial charge in [0.1, 0.15) is 0 Å². The van der Waals surface area contributed by atoms with Crippen LogP contribution in [0.1, 0.15) is 24.1 Å². The molecule has 3 heterocycles. The second-order valence-electron chi connectivity index (χ2n) is 4.78. The van der Waals surface area contributed by atoms with E-state index in [9.17, 15) is 4.79 Å². The summed E-state index contributed by atoms with van der Waals surface area (Å²) in [6.45, 7) is 4.56. The van der Waals surface area contributed by atoms with Crippen molar-refractivity contribution >= 4 is 0 Å². The molecule has 0 bridgehead atoms. The molecule has 0 amide bonds. The van der Waals surface area contributed by atoms with Crippen LogP contribution in [-0.2, 0) is 19.6 Å². The molecule has 1 saturated heterocycles. The van der Waals surface area contributed by atoms with Gasteiger partial charge in [0.25, 0.3) is 5.56 Å². The molecule has 88 valence electrons. The van der Waals surface area contributed by atoms with Crippen LogP contribution >= 0.6 is 0 Å². The molecular formula is C11H18N4O. The second kappa shape index (κ2) is 4.07. The van der Waals surface area contributed by atoms with E-state index in [2.05, 4.69) is 15.7 Å². The van der Waals surface area contributed by atoms with Crippen molar-refractivity contribution in [1.82, 2.24) is 20.4 Å². The monoisotopic (exact) mass is 222 g/mol. The van der Waals surface area contributed by atoms with Gasteiger partial charge in [0.15, 0.2) is 0 Å². The molecule has 0 saturated carbocycles. The highest BCUT2D eigenvalue weighted by atomic mass is 16.1. The predicted octanol–water partition coefficient (Wildman–Crippen LogP) is -0.221. The lowest BCUT2D eigenvalue weighted by atomic mass is 9.98. The number of piperidine rings is 1. The van der Waals surface area contributed by atoms with Crippen molar-refractivity contribution < 1.29 is 0 Å². The lowest BCUT2D eigenvalue weighted by molar-refractivity contribution is 0.316. The number of nitrogens with one attached hydrogen (secondary N) is 3. The van der Waals surface area contributed by atoms with Crippen molar-refractivity contribution in [3.63, 3.8) is 0 Å². The van der Waals surface area contributed by atoms with Gasteiger partial charge in [-0.3, -0.25) is 14.6 Å². The Kier molecular flexibility index (Phi) is 2.57. The highest BCUT2D eigenvalue weighted by Crippen LogP contribution is 2.14. The maximum absolute atomic E-state index is 12.0. The summed E-state index contributed by atoms with van der Waals surface area (Å²) >= 11 is 0. The van der Waals surface area contributed by atoms with Gasteiger partial charge in [-0.1, -0.05) is 0 Å². The van der Waals surface area contributed by atoms with E-state index in [-0.39, 0.29) is 5.56 Å². The average molecular weight is 222 g/mol. The van der Waals surface area contributed by atoms with Crippen molar-refractivity contribution in [1.29, 1.82) is 0 Å². The van der Waals surface area contributed by atoms with Crippen molar-refractivity contribution in [2.75, 3.05) is 13.1 Å². The molecule has 0 aliphatic carbocycles. The zero-order valence-corrected chi connectivity index (χ0v) is 9.38. The van der Waals surface area contributed by atoms with Gasteiger partial charge in [0, 0.05) is 19.6 Å². The number of H-pyrrole nitrogens is 1. The van der Waals surface area contributed by atoms with Gasteiger partial charge >= 0.3 is 0 Å². The lowest BCUT2D eigenvalue weighted by Gasteiger charge is -2.22. The van der Waals surface area contributed by atoms with Crippen molar-refractivity contribution in [3.05, 3.63) is 21.6 Å². The molecule has 1 aromatic rings. The lowest BCUT2D eigenvalue weighted by Crippen LogP contribution is -2.32. The molecule has 0 unspecified atom stereocenters. The minimum atomic E-state index is 0.179. The molecule has 5 heteroatoms. The summed E-state index contributed by atoms with van der Waals surface area (Å²) < 4.78 is 1.81. The number of aromatic amines is 1. The quantitative estimate of drug-likeness (QED) is 0.648. The Morgan fingerprint density at radius 1 is 1.19 bits per heavy atom. The first-order valence-corrected chi connectivity index (χ1v) is 6.06. The molecule has 0 spiro atoms. The van der Waals surface area contributed by atoms with E-state index in [1.807, 2.05) is 4.68 Å². The summed E-state index contributed by atoms with van der Waals surface area (Å²) in [5.41, 5.74) is 2.20. The Bertz CT molecular complexity index is 428. The molecule has 1 fully saturated rings.